The first kappa shape index (κ1) is 10.4. The van der Waals surface area contributed by atoms with Crippen molar-refractivity contribution < 1.29 is 9.13 Å². The molecule has 8 heteroatoms. The lowest BCUT2D eigenvalue weighted by molar-refractivity contribution is 0.412. The highest BCUT2D eigenvalue weighted by Crippen LogP contribution is 2.25. The Morgan fingerprint density at radius 3 is 3.00 bits per heavy atom. The predicted molar refractivity (Wildman–Crippen MR) is 59.5 cm³/mol. The fourth-order valence-corrected chi connectivity index (χ4v) is 1.44. The largest absolute Gasteiger partial charge is 0.434 e. The molecule has 7 nitrogen and oxygen atoms in total. The van der Waals surface area contributed by atoms with Gasteiger partial charge in [-0.2, -0.15) is 4.52 Å². The predicted octanol–water partition coefficient (Wildman–Crippen LogP) is 1.03. The molecule has 3 aromatic rings. The van der Waals surface area contributed by atoms with E-state index in [9.17, 15) is 4.39 Å². The molecule has 2 N–H and O–H groups in total. The molecule has 0 spiro atoms. The SMILES string of the molecule is Nc1ccc(Oc2cncc3nnnn23)c(F)c1. The van der Waals surface area contributed by atoms with E-state index < -0.39 is 5.82 Å². The molecule has 1 aromatic carbocycles. The van der Waals surface area contributed by atoms with Gasteiger partial charge in [-0.05, 0) is 22.6 Å². The van der Waals surface area contributed by atoms with Crippen LogP contribution in [-0.4, -0.2) is 25.0 Å². The van der Waals surface area contributed by atoms with Crippen molar-refractivity contribution in [2.75, 3.05) is 5.73 Å². The molecule has 0 atom stereocenters. The highest BCUT2D eigenvalue weighted by atomic mass is 19.1. The van der Waals surface area contributed by atoms with Crippen LogP contribution in [0.5, 0.6) is 11.6 Å². The average Bonchev–Trinajstić information content (AvgIpc) is 2.82. The molecule has 0 bridgehead atoms. The Kier molecular flexibility index (Phi) is 2.26. The summed E-state index contributed by atoms with van der Waals surface area (Å²) in [6, 6.07) is 4.13. The van der Waals surface area contributed by atoms with E-state index >= 15 is 0 Å². The van der Waals surface area contributed by atoms with Crippen molar-refractivity contribution >= 4 is 11.3 Å². The summed E-state index contributed by atoms with van der Waals surface area (Å²) < 4.78 is 20.2. The fourth-order valence-electron chi connectivity index (χ4n) is 1.44. The van der Waals surface area contributed by atoms with Crippen LogP contribution in [-0.2, 0) is 0 Å². The number of nitrogens with zero attached hydrogens (tertiary/aromatic N) is 5. The smallest absolute Gasteiger partial charge is 0.242 e. The number of halogens is 1. The number of hydrogen-bond acceptors (Lipinski definition) is 6. The van der Waals surface area contributed by atoms with Crippen LogP contribution in [0.2, 0.25) is 0 Å². The third-order valence-electron chi connectivity index (χ3n) is 2.25. The molecule has 0 aliphatic heterocycles. The first-order valence-corrected chi connectivity index (χ1v) is 4.99. The summed E-state index contributed by atoms with van der Waals surface area (Å²) in [6.07, 6.45) is 2.85. The van der Waals surface area contributed by atoms with Gasteiger partial charge in [0.1, 0.15) is 0 Å². The number of nitrogen functional groups attached to an aromatic ring is 1. The van der Waals surface area contributed by atoms with E-state index in [1.54, 1.807) is 0 Å². The monoisotopic (exact) mass is 246 g/mol. The molecule has 0 saturated heterocycles. The number of fused-ring (bicyclic) bond motifs is 1. The van der Waals surface area contributed by atoms with Crippen molar-refractivity contribution in [2.45, 2.75) is 0 Å². The van der Waals surface area contributed by atoms with E-state index in [2.05, 4.69) is 20.5 Å². The number of hydrogen-bond donors (Lipinski definition) is 1. The molecule has 18 heavy (non-hydrogen) atoms. The molecular formula is C10H7FN6O. The molecule has 0 fully saturated rings. The first-order valence-electron chi connectivity index (χ1n) is 4.99. The summed E-state index contributed by atoms with van der Waals surface area (Å²) in [5, 5.41) is 10.9. The second kappa shape index (κ2) is 3.91. The van der Waals surface area contributed by atoms with Gasteiger partial charge in [0.25, 0.3) is 0 Å². The van der Waals surface area contributed by atoms with Gasteiger partial charge in [-0.15, -0.1) is 5.10 Å². The maximum Gasteiger partial charge on any atom is 0.242 e. The molecule has 0 aliphatic rings. The van der Waals surface area contributed by atoms with Gasteiger partial charge in [0, 0.05) is 11.8 Å². The lowest BCUT2D eigenvalue weighted by atomic mass is 10.3. The molecule has 90 valence electrons. The third-order valence-corrected chi connectivity index (χ3v) is 2.25. The lowest BCUT2D eigenvalue weighted by Crippen LogP contribution is -1.98. The molecule has 0 amide bonds. The van der Waals surface area contributed by atoms with Crippen molar-refractivity contribution in [3.63, 3.8) is 0 Å². The quantitative estimate of drug-likeness (QED) is 0.679. The Morgan fingerprint density at radius 1 is 1.28 bits per heavy atom. The second-order valence-electron chi connectivity index (χ2n) is 3.49. The van der Waals surface area contributed by atoms with E-state index in [0.29, 0.717) is 11.3 Å². The van der Waals surface area contributed by atoms with Gasteiger partial charge >= 0.3 is 0 Å². The zero-order valence-corrected chi connectivity index (χ0v) is 8.99. The van der Waals surface area contributed by atoms with E-state index in [1.165, 1.54) is 35.1 Å². The Bertz CT molecular complexity index is 712. The van der Waals surface area contributed by atoms with Crippen molar-refractivity contribution in [2.24, 2.45) is 0 Å². The van der Waals surface area contributed by atoms with Crippen LogP contribution in [0, 0.1) is 5.82 Å². The van der Waals surface area contributed by atoms with Gasteiger partial charge in [0.15, 0.2) is 11.6 Å². The lowest BCUT2D eigenvalue weighted by Gasteiger charge is -2.06. The van der Waals surface area contributed by atoms with Gasteiger partial charge in [-0.1, -0.05) is 0 Å². The number of tetrazole rings is 1. The Morgan fingerprint density at radius 2 is 2.17 bits per heavy atom. The van der Waals surface area contributed by atoms with E-state index in [0.717, 1.165) is 0 Å². The number of anilines is 1. The number of nitrogens with two attached hydrogens (primary N) is 1. The van der Waals surface area contributed by atoms with Crippen LogP contribution in [0.4, 0.5) is 10.1 Å². The standard InChI is InChI=1S/C10H7FN6O/c11-7-3-6(12)1-2-8(7)18-10-5-13-4-9-14-15-16-17(9)10/h1-5H,12H2. The van der Waals surface area contributed by atoms with Crippen molar-refractivity contribution in [3.05, 3.63) is 36.4 Å². The summed E-state index contributed by atoms with van der Waals surface area (Å²) in [7, 11) is 0. The zero-order chi connectivity index (χ0) is 12.5. The normalized spacial score (nSPS) is 10.7. The first-order chi connectivity index (χ1) is 8.74. The molecule has 0 saturated carbocycles. The van der Waals surface area contributed by atoms with Gasteiger partial charge in [0.05, 0.1) is 12.4 Å². The van der Waals surface area contributed by atoms with Crippen LogP contribution < -0.4 is 10.5 Å². The highest BCUT2D eigenvalue weighted by molar-refractivity contribution is 5.44. The highest BCUT2D eigenvalue weighted by Gasteiger charge is 2.09. The van der Waals surface area contributed by atoms with Crippen LogP contribution in [0.1, 0.15) is 0 Å². The van der Waals surface area contributed by atoms with Crippen LogP contribution in [0.15, 0.2) is 30.6 Å². The molecule has 3 rings (SSSR count). The van der Waals surface area contributed by atoms with E-state index in [-0.39, 0.29) is 11.6 Å². The minimum Gasteiger partial charge on any atom is -0.434 e. The maximum absolute atomic E-state index is 13.6. The summed E-state index contributed by atoms with van der Waals surface area (Å²) in [5.41, 5.74) is 6.17. The molecule has 0 radical (unpaired) electrons. The molecular weight excluding hydrogens is 239 g/mol. The molecule has 0 unspecified atom stereocenters. The summed E-state index contributed by atoms with van der Waals surface area (Å²) in [4.78, 5) is 3.89. The summed E-state index contributed by atoms with van der Waals surface area (Å²) in [6.45, 7) is 0. The van der Waals surface area contributed by atoms with E-state index in [4.69, 9.17) is 10.5 Å². The minimum atomic E-state index is -0.569. The summed E-state index contributed by atoms with van der Waals surface area (Å²) >= 11 is 0. The van der Waals surface area contributed by atoms with Crippen molar-refractivity contribution in [1.82, 2.24) is 25.0 Å². The number of ether oxygens (including phenoxy) is 1. The minimum absolute atomic E-state index is 0.0222. The van der Waals surface area contributed by atoms with Gasteiger partial charge in [0.2, 0.25) is 11.5 Å². The molecule has 2 aromatic heterocycles. The second-order valence-corrected chi connectivity index (χ2v) is 3.49. The van der Waals surface area contributed by atoms with Gasteiger partial charge in [-0.3, -0.25) is 4.98 Å². The number of benzene rings is 1. The van der Waals surface area contributed by atoms with Crippen LogP contribution in [0.25, 0.3) is 5.65 Å². The maximum atomic E-state index is 13.6. The summed E-state index contributed by atoms with van der Waals surface area (Å²) in [5.74, 6) is -0.338. The zero-order valence-electron chi connectivity index (χ0n) is 8.99. The van der Waals surface area contributed by atoms with Gasteiger partial charge < -0.3 is 10.5 Å². The van der Waals surface area contributed by atoms with E-state index in [1.807, 2.05) is 0 Å². The van der Waals surface area contributed by atoms with Crippen molar-refractivity contribution in [1.29, 1.82) is 0 Å². The Labute approximate surface area is 100 Å². The Hall–Kier alpha value is -2.77. The van der Waals surface area contributed by atoms with Crippen molar-refractivity contribution in [3.8, 4) is 11.6 Å². The molecule has 2 heterocycles. The van der Waals surface area contributed by atoms with Gasteiger partial charge in [-0.25, -0.2) is 4.39 Å². The van der Waals surface area contributed by atoms with Crippen LogP contribution >= 0.6 is 0 Å². The topological polar surface area (TPSA) is 91.2 Å². The average molecular weight is 246 g/mol. The fraction of sp³-hybridized carbons (Fsp3) is 0. The Balaban J connectivity index is 2.03. The number of aromatic nitrogens is 5. The number of rotatable bonds is 2. The third kappa shape index (κ3) is 1.69. The molecule has 0 aliphatic carbocycles. The van der Waals surface area contributed by atoms with Crippen LogP contribution in [0.3, 0.4) is 0 Å².